The van der Waals surface area contributed by atoms with Crippen LogP contribution in [0.4, 0.5) is 0 Å². The van der Waals surface area contributed by atoms with Gasteiger partial charge in [0, 0.05) is 6.07 Å². The molecule has 1 saturated heterocycles. The molecule has 5 atom stereocenters. The van der Waals surface area contributed by atoms with Crippen LogP contribution in [-0.4, -0.2) is 57.4 Å². The van der Waals surface area contributed by atoms with Gasteiger partial charge in [0.2, 0.25) is 0 Å². The lowest BCUT2D eigenvalue weighted by Gasteiger charge is -2.36. The fourth-order valence-electron chi connectivity index (χ4n) is 2.10. The molecule has 0 aromatic carbocycles. The Bertz CT molecular complexity index is 492. The Morgan fingerprint density at radius 2 is 2.00 bits per heavy atom. The van der Waals surface area contributed by atoms with Crippen LogP contribution in [0.15, 0.2) is 24.5 Å². The average molecular weight is 285 g/mol. The van der Waals surface area contributed by atoms with E-state index < -0.39 is 43.2 Å². The predicted octanol–water partition coefficient (Wildman–Crippen LogP) is -3.69. The maximum absolute atomic E-state index is 10.8. The molecule has 0 aliphatic carbocycles. The van der Waals surface area contributed by atoms with Crippen molar-refractivity contribution < 1.29 is 39.6 Å². The van der Waals surface area contributed by atoms with Crippen LogP contribution in [-0.2, 0) is 4.74 Å². The van der Waals surface area contributed by atoms with Gasteiger partial charge in [0.25, 0.3) is 6.23 Å². The number of aromatic nitrogens is 1. The van der Waals surface area contributed by atoms with E-state index in [1.54, 1.807) is 0 Å². The maximum Gasteiger partial charge on any atom is 0.292 e. The Balaban J connectivity index is 2.31. The number of carboxylic acids is 1. The van der Waals surface area contributed by atoms with Crippen molar-refractivity contribution in [2.75, 3.05) is 6.61 Å². The summed E-state index contributed by atoms with van der Waals surface area (Å²) in [4.78, 5) is 10.8. The van der Waals surface area contributed by atoms with Crippen molar-refractivity contribution in [3.8, 4) is 0 Å². The SMILES string of the molecule is O=C([O-])c1ccc[n+]([C@@H]2O[C@H](CO)[C@@H](O)[C@H](O)[C@H]2O)c1. The number of carboxylic acid groups (broad SMARTS) is 1. The van der Waals surface area contributed by atoms with Gasteiger partial charge in [0.05, 0.1) is 18.1 Å². The molecular formula is C12H15NO7. The third kappa shape index (κ3) is 2.65. The molecule has 8 heteroatoms. The summed E-state index contributed by atoms with van der Waals surface area (Å²) in [5, 5.41) is 49.1. The molecule has 2 rings (SSSR count). The van der Waals surface area contributed by atoms with Crippen LogP contribution < -0.4 is 9.67 Å². The van der Waals surface area contributed by atoms with Gasteiger partial charge in [0.1, 0.15) is 18.3 Å². The van der Waals surface area contributed by atoms with E-state index in [0.29, 0.717) is 0 Å². The maximum atomic E-state index is 10.8. The van der Waals surface area contributed by atoms with E-state index in [-0.39, 0.29) is 5.56 Å². The number of carbonyl (C=O) groups is 1. The lowest BCUT2D eigenvalue weighted by atomic mass is 9.98. The van der Waals surface area contributed by atoms with Crippen molar-refractivity contribution in [2.45, 2.75) is 30.6 Å². The highest BCUT2D eigenvalue weighted by molar-refractivity contribution is 5.84. The van der Waals surface area contributed by atoms with Gasteiger partial charge in [-0.15, -0.1) is 0 Å². The molecule has 110 valence electrons. The zero-order valence-electron chi connectivity index (χ0n) is 10.4. The molecule has 4 N–H and O–H groups in total. The molecule has 2 heterocycles. The van der Waals surface area contributed by atoms with E-state index in [1.165, 1.54) is 29.1 Å². The molecule has 0 unspecified atom stereocenters. The average Bonchev–Trinajstić information content (AvgIpc) is 2.45. The Labute approximate surface area is 114 Å². The Morgan fingerprint density at radius 3 is 2.60 bits per heavy atom. The summed E-state index contributed by atoms with van der Waals surface area (Å²) in [7, 11) is 0. The minimum atomic E-state index is -1.52. The molecule has 0 bridgehead atoms. The molecule has 8 nitrogen and oxygen atoms in total. The van der Waals surface area contributed by atoms with Gasteiger partial charge in [-0.2, -0.15) is 4.57 Å². The number of carbonyl (C=O) groups excluding carboxylic acids is 1. The summed E-state index contributed by atoms with van der Waals surface area (Å²) in [6.07, 6.45) is -4.06. The second-order valence-corrected chi connectivity index (χ2v) is 4.55. The number of nitrogens with zero attached hydrogens (tertiary/aromatic N) is 1. The van der Waals surface area contributed by atoms with Crippen molar-refractivity contribution >= 4 is 5.97 Å². The fourth-order valence-corrected chi connectivity index (χ4v) is 2.10. The number of hydrogen-bond donors (Lipinski definition) is 4. The third-order valence-corrected chi connectivity index (χ3v) is 3.22. The number of pyridine rings is 1. The molecule has 1 aromatic heterocycles. The molecule has 0 saturated carbocycles. The van der Waals surface area contributed by atoms with Crippen molar-refractivity contribution in [3.05, 3.63) is 30.1 Å². The van der Waals surface area contributed by atoms with Crippen molar-refractivity contribution in [1.82, 2.24) is 0 Å². The van der Waals surface area contributed by atoms with Crippen molar-refractivity contribution in [2.24, 2.45) is 0 Å². The number of aromatic carboxylic acids is 1. The standard InChI is InChI=1S/C12H15NO7/c14-5-7-8(15)9(16)10(17)11(20-7)13-3-1-2-6(4-13)12(18)19/h1-4,7-11,14-17H,5H2/t7-,8-,9+,10-,11-/m1/s1. The second-order valence-electron chi connectivity index (χ2n) is 4.55. The molecule has 1 fully saturated rings. The van der Waals surface area contributed by atoms with Crippen LogP contribution in [0.1, 0.15) is 16.6 Å². The van der Waals surface area contributed by atoms with Gasteiger partial charge in [0.15, 0.2) is 18.5 Å². The fraction of sp³-hybridized carbons (Fsp3) is 0.500. The van der Waals surface area contributed by atoms with E-state index in [9.17, 15) is 25.2 Å². The summed E-state index contributed by atoms with van der Waals surface area (Å²) >= 11 is 0. The van der Waals surface area contributed by atoms with Gasteiger partial charge in [-0.05, 0) is 6.07 Å². The molecular weight excluding hydrogens is 270 g/mol. The lowest BCUT2D eigenvalue weighted by Crippen LogP contribution is -2.62. The molecule has 1 aliphatic rings. The highest BCUT2D eigenvalue weighted by Crippen LogP contribution is 2.24. The zero-order chi connectivity index (χ0) is 14.9. The first-order valence-electron chi connectivity index (χ1n) is 5.98. The van der Waals surface area contributed by atoms with Gasteiger partial charge in [-0.25, -0.2) is 0 Å². The van der Waals surface area contributed by atoms with Crippen LogP contribution >= 0.6 is 0 Å². The summed E-state index contributed by atoms with van der Waals surface area (Å²) in [6.45, 7) is -0.553. The predicted molar refractivity (Wildman–Crippen MR) is 60.0 cm³/mol. The van der Waals surface area contributed by atoms with Crippen LogP contribution in [0.25, 0.3) is 0 Å². The Hall–Kier alpha value is -1.58. The lowest BCUT2D eigenvalue weighted by molar-refractivity contribution is -0.778. The first-order chi connectivity index (χ1) is 9.45. The summed E-state index contributed by atoms with van der Waals surface area (Å²) in [6, 6.07) is 2.71. The highest BCUT2D eigenvalue weighted by Gasteiger charge is 2.48. The monoisotopic (exact) mass is 285 g/mol. The summed E-state index contributed by atoms with van der Waals surface area (Å²) in [5.74, 6) is -1.40. The first-order valence-corrected chi connectivity index (χ1v) is 5.98. The topological polar surface area (TPSA) is 134 Å². The van der Waals surface area contributed by atoms with E-state index >= 15 is 0 Å². The normalized spacial score (nSPS) is 33.9. The summed E-state index contributed by atoms with van der Waals surface area (Å²) < 4.78 is 6.52. The Kier molecular flexibility index (Phi) is 4.31. The largest absolute Gasteiger partial charge is 0.545 e. The molecule has 0 radical (unpaired) electrons. The minimum absolute atomic E-state index is 0.135. The van der Waals surface area contributed by atoms with Crippen LogP contribution in [0.2, 0.25) is 0 Å². The van der Waals surface area contributed by atoms with Gasteiger partial charge in [-0.3, -0.25) is 0 Å². The Morgan fingerprint density at radius 1 is 1.30 bits per heavy atom. The number of aliphatic hydroxyl groups is 4. The number of ether oxygens (including phenoxy) is 1. The third-order valence-electron chi connectivity index (χ3n) is 3.22. The molecule has 20 heavy (non-hydrogen) atoms. The van der Waals surface area contributed by atoms with E-state index in [1.807, 2.05) is 0 Å². The molecule has 0 amide bonds. The van der Waals surface area contributed by atoms with E-state index in [4.69, 9.17) is 9.84 Å². The van der Waals surface area contributed by atoms with E-state index in [2.05, 4.69) is 0 Å². The van der Waals surface area contributed by atoms with Crippen LogP contribution in [0, 0.1) is 0 Å². The van der Waals surface area contributed by atoms with Crippen LogP contribution in [0.3, 0.4) is 0 Å². The first kappa shape index (κ1) is 14.8. The van der Waals surface area contributed by atoms with Crippen molar-refractivity contribution in [1.29, 1.82) is 0 Å². The smallest absolute Gasteiger partial charge is 0.292 e. The number of aliphatic hydroxyl groups excluding tert-OH is 4. The molecule has 1 aliphatic heterocycles. The van der Waals surface area contributed by atoms with Crippen molar-refractivity contribution in [3.63, 3.8) is 0 Å². The number of rotatable bonds is 3. The van der Waals surface area contributed by atoms with Gasteiger partial charge < -0.3 is 35.1 Å². The number of hydrogen-bond acceptors (Lipinski definition) is 7. The zero-order valence-corrected chi connectivity index (χ0v) is 10.4. The quantitative estimate of drug-likeness (QED) is 0.420. The highest BCUT2D eigenvalue weighted by atomic mass is 16.6. The minimum Gasteiger partial charge on any atom is -0.545 e. The van der Waals surface area contributed by atoms with Gasteiger partial charge in [-0.1, -0.05) is 0 Å². The summed E-state index contributed by atoms with van der Waals surface area (Å²) in [5.41, 5.74) is -0.135. The van der Waals surface area contributed by atoms with Crippen LogP contribution in [0.5, 0.6) is 0 Å². The molecule has 1 aromatic rings. The van der Waals surface area contributed by atoms with E-state index in [0.717, 1.165) is 0 Å². The second kappa shape index (κ2) is 5.81. The van der Waals surface area contributed by atoms with Gasteiger partial charge >= 0.3 is 0 Å². The molecule has 0 spiro atoms.